The molecule has 0 amide bonds. The van der Waals surface area contributed by atoms with Crippen LogP contribution in [-0.4, -0.2) is 32.2 Å². The summed E-state index contributed by atoms with van der Waals surface area (Å²) in [5.41, 5.74) is 3.90. The van der Waals surface area contributed by atoms with Gasteiger partial charge < -0.3 is 9.84 Å². The van der Waals surface area contributed by atoms with E-state index in [9.17, 15) is 13.9 Å². The predicted molar refractivity (Wildman–Crippen MR) is 167 cm³/mol. The first kappa shape index (κ1) is 30.8. The fourth-order valence-corrected chi connectivity index (χ4v) is 5.09. The Hall–Kier alpha value is -3.66. The van der Waals surface area contributed by atoms with Gasteiger partial charge in [-0.2, -0.15) is 0 Å². The fraction of sp³-hybridized carbons (Fsp3) is 0.0968. The number of halogens is 6. The maximum absolute atomic E-state index is 13.6. The normalized spacial score (nSPS) is 11.7. The summed E-state index contributed by atoms with van der Waals surface area (Å²) in [5.74, 6) is -0.605. The van der Waals surface area contributed by atoms with Gasteiger partial charge >= 0.3 is 0 Å². The summed E-state index contributed by atoms with van der Waals surface area (Å²) in [5, 5.41) is 11.5. The average molecular weight is 660 g/mol. The monoisotopic (exact) mass is 658 g/mol. The Labute approximate surface area is 264 Å². The lowest BCUT2D eigenvalue weighted by Gasteiger charge is -2.13. The molecule has 0 aliphatic carbocycles. The van der Waals surface area contributed by atoms with Crippen molar-refractivity contribution in [2.24, 2.45) is 0 Å². The molecule has 1 unspecified atom stereocenters. The zero-order chi connectivity index (χ0) is 30.8. The molecule has 0 aliphatic rings. The second-order valence-corrected chi connectivity index (χ2v) is 10.8. The van der Waals surface area contributed by atoms with Gasteiger partial charge in [0.2, 0.25) is 5.88 Å². The SMILES string of the molecule is CC(O)c1nc2cccc(Cl)c2nc1-c1cc(F)ccc1Cl.COc1nc2cccc(Cl)c2nc1-c1cc(F)ccc1Cl. The Balaban J connectivity index is 0.000000171. The molecule has 12 heteroatoms. The molecule has 0 spiro atoms. The number of aliphatic hydroxyl groups excluding tert-OH is 1. The molecule has 6 nitrogen and oxygen atoms in total. The molecule has 43 heavy (non-hydrogen) atoms. The van der Waals surface area contributed by atoms with E-state index < -0.39 is 17.7 Å². The van der Waals surface area contributed by atoms with Gasteiger partial charge in [-0.25, -0.2) is 28.7 Å². The maximum Gasteiger partial charge on any atom is 0.241 e. The highest BCUT2D eigenvalue weighted by Gasteiger charge is 2.19. The van der Waals surface area contributed by atoms with Crippen LogP contribution in [-0.2, 0) is 0 Å². The van der Waals surface area contributed by atoms with Crippen molar-refractivity contribution in [3.8, 4) is 28.4 Å². The highest BCUT2D eigenvalue weighted by atomic mass is 35.5. The molecule has 0 fully saturated rings. The summed E-state index contributed by atoms with van der Waals surface area (Å²) < 4.78 is 32.3. The number of aromatic nitrogens is 4. The van der Waals surface area contributed by atoms with E-state index in [0.717, 1.165) is 0 Å². The third-order valence-corrected chi connectivity index (χ3v) is 7.51. The lowest BCUT2D eigenvalue weighted by atomic mass is 10.1. The van der Waals surface area contributed by atoms with Gasteiger partial charge in [-0.05, 0) is 67.6 Å². The zero-order valence-electron chi connectivity index (χ0n) is 22.4. The molecule has 218 valence electrons. The molecule has 0 bridgehead atoms. The van der Waals surface area contributed by atoms with E-state index >= 15 is 0 Å². The van der Waals surface area contributed by atoms with Crippen LogP contribution in [0.4, 0.5) is 8.78 Å². The van der Waals surface area contributed by atoms with Gasteiger partial charge in [0.15, 0.2) is 0 Å². The number of benzene rings is 4. The molecule has 1 N–H and O–H groups in total. The molecule has 2 aromatic heterocycles. The summed E-state index contributed by atoms with van der Waals surface area (Å²) in [6.45, 7) is 1.57. The Morgan fingerprint density at radius 2 is 1.14 bits per heavy atom. The number of para-hydroxylation sites is 2. The number of nitrogens with zero attached hydrogens (tertiary/aromatic N) is 4. The summed E-state index contributed by atoms with van der Waals surface area (Å²) >= 11 is 24.6. The topological polar surface area (TPSA) is 81.0 Å². The van der Waals surface area contributed by atoms with Crippen molar-refractivity contribution in [1.29, 1.82) is 0 Å². The standard InChI is InChI=1S/C16H11Cl2FN2O.C15H9Cl2FN2O/c1-8(22)14-15(10-7-9(19)5-6-11(10)17)21-16-12(18)3-2-4-13(16)20-14;1-21-15-13(9-7-8(18)5-6-10(9)16)20-14-11(17)3-2-4-12(14)19-15/h2-8,22H,1H3;2-7H,1H3. The number of hydrogen-bond donors (Lipinski definition) is 1. The third-order valence-electron chi connectivity index (χ3n) is 6.24. The van der Waals surface area contributed by atoms with Crippen molar-refractivity contribution in [1.82, 2.24) is 19.9 Å². The summed E-state index contributed by atoms with van der Waals surface area (Å²) in [7, 11) is 1.47. The molecule has 6 aromatic rings. The zero-order valence-corrected chi connectivity index (χ0v) is 25.4. The number of methoxy groups -OCH3 is 1. The third kappa shape index (κ3) is 6.49. The highest BCUT2D eigenvalue weighted by molar-refractivity contribution is 6.36. The van der Waals surface area contributed by atoms with Crippen LogP contribution in [0.5, 0.6) is 5.88 Å². The van der Waals surface area contributed by atoms with Crippen molar-refractivity contribution in [3.05, 3.63) is 110 Å². The Kier molecular flexibility index (Phi) is 9.25. The molecule has 0 radical (unpaired) electrons. The Morgan fingerprint density at radius 1 is 0.651 bits per heavy atom. The first-order chi connectivity index (χ1) is 20.6. The lowest BCUT2D eigenvalue weighted by molar-refractivity contribution is 0.195. The van der Waals surface area contributed by atoms with E-state index in [4.69, 9.17) is 51.1 Å². The molecule has 2 heterocycles. The van der Waals surface area contributed by atoms with E-state index in [0.29, 0.717) is 70.4 Å². The second kappa shape index (κ2) is 12.9. The largest absolute Gasteiger partial charge is 0.479 e. The van der Waals surface area contributed by atoms with Gasteiger partial charge in [-0.3, -0.25) is 0 Å². The van der Waals surface area contributed by atoms with Crippen molar-refractivity contribution < 1.29 is 18.6 Å². The quantitative estimate of drug-likeness (QED) is 0.203. The van der Waals surface area contributed by atoms with Gasteiger partial charge in [-0.1, -0.05) is 58.5 Å². The van der Waals surface area contributed by atoms with E-state index in [-0.39, 0.29) is 5.88 Å². The van der Waals surface area contributed by atoms with E-state index in [1.165, 1.54) is 43.5 Å². The highest BCUT2D eigenvalue weighted by Crippen LogP contribution is 2.36. The Morgan fingerprint density at radius 3 is 1.65 bits per heavy atom. The molecule has 4 aromatic carbocycles. The fourth-order valence-electron chi connectivity index (χ4n) is 4.25. The van der Waals surface area contributed by atoms with Crippen LogP contribution in [0.25, 0.3) is 44.6 Å². The lowest BCUT2D eigenvalue weighted by Crippen LogP contribution is -2.03. The van der Waals surface area contributed by atoms with E-state index in [1.807, 2.05) is 0 Å². The molecule has 0 saturated heterocycles. The molecule has 1 atom stereocenters. The maximum atomic E-state index is 13.6. The number of rotatable bonds is 4. The van der Waals surface area contributed by atoms with Crippen LogP contribution < -0.4 is 4.74 Å². The smallest absolute Gasteiger partial charge is 0.241 e. The van der Waals surface area contributed by atoms with Gasteiger partial charge in [-0.15, -0.1) is 0 Å². The van der Waals surface area contributed by atoms with Crippen LogP contribution >= 0.6 is 46.4 Å². The minimum atomic E-state index is -0.884. The van der Waals surface area contributed by atoms with Gasteiger partial charge in [0.25, 0.3) is 0 Å². The second-order valence-electron chi connectivity index (χ2n) is 9.18. The van der Waals surface area contributed by atoms with E-state index in [2.05, 4.69) is 19.9 Å². The molecule has 0 saturated carbocycles. The van der Waals surface area contributed by atoms with Crippen molar-refractivity contribution in [2.45, 2.75) is 13.0 Å². The first-order valence-corrected chi connectivity index (χ1v) is 14.1. The summed E-state index contributed by atoms with van der Waals surface area (Å²) in [6, 6.07) is 18.4. The predicted octanol–water partition coefficient (Wildman–Crippen LogP) is 9.55. The van der Waals surface area contributed by atoms with E-state index in [1.54, 1.807) is 43.3 Å². The minimum absolute atomic E-state index is 0.261. The summed E-state index contributed by atoms with van der Waals surface area (Å²) in [6.07, 6.45) is -0.884. The van der Waals surface area contributed by atoms with Crippen LogP contribution in [0.1, 0.15) is 18.7 Å². The van der Waals surface area contributed by atoms with Gasteiger partial charge in [0.1, 0.15) is 28.4 Å². The molecule has 0 aliphatic heterocycles. The van der Waals surface area contributed by atoms with Crippen LogP contribution in [0.2, 0.25) is 20.1 Å². The first-order valence-electron chi connectivity index (χ1n) is 12.6. The Bertz CT molecular complexity index is 1990. The number of ether oxygens (including phenoxy) is 1. The van der Waals surface area contributed by atoms with Crippen molar-refractivity contribution >= 4 is 68.5 Å². The van der Waals surface area contributed by atoms with Crippen LogP contribution in [0.15, 0.2) is 72.8 Å². The molecule has 6 rings (SSSR count). The van der Waals surface area contributed by atoms with Gasteiger partial charge in [0, 0.05) is 11.1 Å². The average Bonchev–Trinajstić information content (AvgIpc) is 2.99. The minimum Gasteiger partial charge on any atom is -0.479 e. The number of aliphatic hydroxyl groups is 1. The molecular formula is C31H20Cl4F2N4O2. The van der Waals surface area contributed by atoms with Crippen LogP contribution in [0.3, 0.4) is 0 Å². The van der Waals surface area contributed by atoms with Crippen molar-refractivity contribution in [2.75, 3.05) is 7.11 Å². The number of hydrogen-bond acceptors (Lipinski definition) is 6. The summed E-state index contributed by atoms with van der Waals surface area (Å²) in [4.78, 5) is 17.7. The number of fused-ring (bicyclic) bond motifs is 2. The van der Waals surface area contributed by atoms with Crippen molar-refractivity contribution in [3.63, 3.8) is 0 Å². The van der Waals surface area contributed by atoms with Crippen LogP contribution in [0, 0.1) is 11.6 Å². The molecular weight excluding hydrogens is 640 g/mol. The van der Waals surface area contributed by atoms with Gasteiger partial charge in [0.05, 0.1) is 55.7 Å².